The lowest BCUT2D eigenvalue weighted by atomic mass is 10.1. The summed E-state index contributed by atoms with van der Waals surface area (Å²) in [5, 5.41) is 2.38. The summed E-state index contributed by atoms with van der Waals surface area (Å²) in [6.07, 6.45) is 3.72. The number of aromatic nitrogens is 2. The van der Waals surface area contributed by atoms with Crippen LogP contribution in [0.15, 0.2) is 79.1 Å². The van der Waals surface area contributed by atoms with Gasteiger partial charge >= 0.3 is 0 Å². The van der Waals surface area contributed by atoms with Crippen molar-refractivity contribution in [2.45, 2.75) is 44.4 Å². The fourth-order valence-electron chi connectivity index (χ4n) is 4.11. The molecule has 0 aliphatic rings. The van der Waals surface area contributed by atoms with Crippen LogP contribution in [0.25, 0.3) is 0 Å². The van der Waals surface area contributed by atoms with Crippen molar-refractivity contribution in [3.05, 3.63) is 84.9 Å². The second-order valence-electron chi connectivity index (χ2n) is 8.78. The van der Waals surface area contributed by atoms with E-state index in [4.69, 9.17) is 14.9 Å². The van der Waals surface area contributed by atoms with Gasteiger partial charge in [0.1, 0.15) is 5.82 Å². The van der Waals surface area contributed by atoms with Crippen molar-refractivity contribution in [2.24, 2.45) is 5.73 Å². The van der Waals surface area contributed by atoms with Gasteiger partial charge in [-0.3, -0.25) is 0 Å². The van der Waals surface area contributed by atoms with E-state index in [1.807, 2.05) is 12.1 Å². The lowest BCUT2D eigenvalue weighted by Gasteiger charge is -2.44. The molecule has 3 aromatic rings. The molecule has 6 heteroatoms. The zero-order chi connectivity index (χ0) is 22.3. The Bertz CT molecular complexity index is 878. The number of nitrogens with zero attached hydrogens (tertiary/aromatic N) is 2. The Morgan fingerprint density at radius 3 is 1.84 bits per heavy atom. The first-order valence-corrected chi connectivity index (χ1v) is 12.6. The van der Waals surface area contributed by atoms with E-state index in [0.29, 0.717) is 18.9 Å². The third kappa shape index (κ3) is 5.27. The Hall–Kier alpha value is -2.38. The molecule has 1 aromatic heterocycles. The molecule has 2 N–H and O–H groups in total. The number of hydrogen-bond donors (Lipinski definition) is 1. The Labute approximate surface area is 186 Å². The summed E-state index contributed by atoms with van der Waals surface area (Å²) in [5.74, 6) is 0.711. The van der Waals surface area contributed by atoms with E-state index in [9.17, 15) is 0 Å². The van der Waals surface area contributed by atoms with Crippen LogP contribution < -0.4 is 16.1 Å². The minimum absolute atomic E-state index is 0.0966. The van der Waals surface area contributed by atoms with E-state index in [0.717, 1.165) is 0 Å². The first-order valence-electron chi connectivity index (χ1n) is 10.7. The van der Waals surface area contributed by atoms with Gasteiger partial charge in [0.2, 0.25) is 0 Å². The van der Waals surface area contributed by atoms with Crippen LogP contribution in [0.4, 0.5) is 0 Å². The van der Waals surface area contributed by atoms with Crippen molar-refractivity contribution in [2.75, 3.05) is 13.7 Å². The second-order valence-corrected chi connectivity index (χ2v) is 13.1. The highest BCUT2D eigenvalue weighted by Crippen LogP contribution is 2.36. The van der Waals surface area contributed by atoms with Crippen molar-refractivity contribution in [1.29, 1.82) is 0 Å². The van der Waals surface area contributed by atoms with Crippen LogP contribution in [0, 0.1) is 0 Å². The third-order valence-electron chi connectivity index (χ3n) is 5.70. The summed E-state index contributed by atoms with van der Waals surface area (Å²) in [6, 6.07) is 22.7. The van der Waals surface area contributed by atoms with Crippen molar-refractivity contribution >= 4 is 18.7 Å². The van der Waals surface area contributed by atoms with Crippen LogP contribution in [0.1, 0.15) is 26.6 Å². The highest BCUT2D eigenvalue weighted by molar-refractivity contribution is 6.99. The van der Waals surface area contributed by atoms with E-state index in [1.165, 1.54) is 10.4 Å². The van der Waals surface area contributed by atoms with Crippen molar-refractivity contribution in [1.82, 2.24) is 9.97 Å². The number of nitrogens with two attached hydrogens (primary N) is 1. The molecule has 0 bridgehead atoms. The third-order valence-corrected chi connectivity index (χ3v) is 10.7. The molecule has 1 heterocycles. The van der Waals surface area contributed by atoms with Gasteiger partial charge in [-0.2, -0.15) is 0 Å². The van der Waals surface area contributed by atoms with Crippen LogP contribution in [-0.4, -0.2) is 44.1 Å². The van der Waals surface area contributed by atoms with Gasteiger partial charge < -0.3 is 14.9 Å². The van der Waals surface area contributed by atoms with Crippen molar-refractivity contribution in [3.63, 3.8) is 0 Å². The quantitative estimate of drug-likeness (QED) is 0.523. The minimum Gasteiger partial charge on any atom is -0.405 e. The van der Waals surface area contributed by atoms with Gasteiger partial charge in [0.15, 0.2) is 0 Å². The fourth-order valence-corrected chi connectivity index (χ4v) is 8.68. The SMILES string of the molecule is CO[C@@H](CO[Si](c1ccccc1)(c1ccccc1)C(C)(C)C)[C@@H](N)Cc1ncccn1. The Morgan fingerprint density at radius 2 is 1.39 bits per heavy atom. The van der Waals surface area contributed by atoms with Gasteiger partial charge in [-0.1, -0.05) is 81.4 Å². The normalized spacial score (nSPS) is 14.2. The maximum Gasteiger partial charge on any atom is 0.261 e. The molecule has 2 aromatic carbocycles. The van der Waals surface area contributed by atoms with Gasteiger partial charge in [0.05, 0.1) is 12.7 Å². The standard InChI is InChI=1S/C25H33N3O2Si/c1-25(2,3)31(20-12-7-5-8-13-20,21-14-9-6-10-15-21)30-19-23(29-4)22(26)18-24-27-16-11-17-28-24/h5-17,22-23H,18-19,26H2,1-4H3/t22-,23-/m0/s1. The van der Waals surface area contributed by atoms with Gasteiger partial charge in [-0.15, -0.1) is 0 Å². The van der Waals surface area contributed by atoms with Crippen LogP contribution in [0.2, 0.25) is 5.04 Å². The van der Waals surface area contributed by atoms with Crippen LogP contribution >= 0.6 is 0 Å². The van der Waals surface area contributed by atoms with Crippen LogP contribution in [0.5, 0.6) is 0 Å². The maximum atomic E-state index is 6.97. The highest BCUT2D eigenvalue weighted by atomic mass is 28.4. The number of benzene rings is 2. The molecule has 0 saturated carbocycles. The minimum atomic E-state index is -2.63. The lowest BCUT2D eigenvalue weighted by Crippen LogP contribution is -2.67. The van der Waals surface area contributed by atoms with Gasteiger partial charge in [-0.25, -0.2) is 9.97 Å². The first kappa shape index (κ1) is 23.3. The van der Waals surface area contributed by atoms with E-state index >= 15 is 0 Å². The average molecular weight is 436 g/mol. The zero-order valence-electron chi connectivity index (χ0n) is 18.9. The summed E-state index contributed by atoms with van der Waals surface area (Å²) in [7, 11) is -0.947. The molecule has 0 aliphatic carbocycles. The van der Waals surface area contributed by atoms with Gasteiger partial charge in [0, 0.05) is 32.0 Å². The number of ether oxygens (including phenoxy) is 1. The van der Waals surface area contributed by atoms with Crippen molar-refractivity contribution < 1.29 is 9.16 Å². The molecule has 31 heavy (non-hydrogen) atoms. The molecule has 0 amide bonds. The van der Waals surface area contributed by atoms with Crippen LogP contribution in [0.3, 0.4) is 0 Å². The summed E-state index contributed by atoms with van der Waals surface area (Å²) in [6.45, 7) is 7.19. The predicted molar refractivity (Wildman–Crippen MR) is 128 cm³/mol. The molecule has 0 saturated heterocycles. The summed E-state index contributed by atoms with van der Waals surface area (Å²) < 4.78 is 12.8. The molecule has 0 fully saturated rings. The Balaban J connectivity index is 1.93. The van der Waals surface area contributed by atoms with E-state index in [1.54, 1.807) is 25.6 Å². The maximum absolute atomic E-state index is 6.97. The number of methoxy groups -OCH3 is 1. The second kappa shape index (κ2) is 10.3. The number of hydrogen-bond acceptors (Lipinski definition) is 5. The molecule has 0 aliphatic heterocycles. The smallest absolute Gasteiger partial charge is 0.261 e. The lowest BCUT2D eigenvalue weighted by molar-refractivity contribution is 0.0361. The molecular weight excluding hydrogens is 402 g/mol. The van der Waals surface area contributed by atoms with Crippen molar-refractivity contribution in [3.8, 4) is 0 Å². The Kier molecular flexibility index (Phi) is 7.72. The highest BCUT2D eigenvalue weighted by Gasteiger charge is 2.50. The van der Waals surface area contributed by atoms with E-state index < -0.39 is 8.32 Å². The van der Waals surface area contributed by atoms with Crippen LogP contribution in [-0.2, 0) is 15.6 Å². The molecule has 2 atom stereocenters. The number of rotatable bonds is 9. The molecule has 3 rings (SSSR count). The van der Waals surface area contributed by atoms with E-state index in [-0.39, 0.29) is 17.2 Å². The van der Waals surface area contributed by atoms with Gasteiger partial charge in [0.25, 0.3) is 8.32 Å². The molecule has 164 valence electrons. The summed E-state index contributed by atoms with van der Waals surface area (Å²) in [5.41, 5.74) is 6.51. The molecule has 0 spiro atoms. The average Bonchev–Trinajstić information content (AvgIpc) is 2.78. The largest absolute Gasteiger partial charge is 0.405 e. The monoisotopic (exact) mass is 435 g/mol. The molecular formula is C25H33N3O2Si. The molecule has 0 radical (unpaired) electrons. The molecule has 5 nitrogen and oxygen atoms in total. The van der Waals surface area contributed by atoms with E-state index in [2.05, 4.69) is 79.3 Å². The summed E-state index contributed by atoms with van der Waals surface area (Å²) >= 11 is 0. The Morgan fingerprint density at radius 1 is 0.871 bits per heavy atom. The summed E-state index contributed by atoms with van der Waals surface area (Å²) in [4.78, 5) is 8.60. The van der Waals surface area contributed by atoms with Gasteiger partial charge in [-0.05, 0) is 21.5 Å². The molecule has 0 unspecified atom stereocenters. The predicted octanol–water partition coefficient (Wildman–Crippen LogP) is 2.94. The fraction of sp³-hybridized carbons (Fsp3) is 0.360. The topological polar surface area (TPSA) is 70.3 Å². The zero-order valence-corrected chi connectivity index (χ0v) is 19.9. The first-order chi connectivity index (χ1) is 14.9.